The Morgan fingerprint density at radius 1 is 1.15 bits per heavy atom. The van der Waals surface area contributed by atoms with E-state index in [1.165, 1.54) is 18.7 Å². The van der Waals surface area contributed by atoms with E-state index in [0.717, 1.165) is 11.1 Å². The molecule has 5 nitrogen and oxygen atoms in total. The van der Waals surface area contributed by atoms with Crippen LogP contribution < -0.4 is 5.32 Å². The van der Waals surface area contributed by atoms with Crippen LogP contribution in [-0.4, -0.2) is 30.0 Å². The van der Waals surface area contributed by atoms with Gasteiger partial charge in [0, 0.05) is 4.90 Å². The van der Waals surface area contributed by atoms with E-state index in [1.54, 1.807) is 30.3 Å². The van der Waals surface area contributed by atoms with Crippen LogP contribution in [0.3, 0.4) is 0 Å². The molecule has 0 radical (unpaired) electrons. The SMILES string of the molecule is CC(=O)CSc1ccccc1C(=O)OCC(=O)Nc1c(C)cc(C)cc1Cl. The van der Waals surface area contributed by atoms with E-state index < -0.39 is 18.5 Å². The van der Waals surface area contributed by atoms with Crippen LogP contribution in [0.1, 0.15) is 28.4 Å². The third-order valence-electron chi connectivity index (χ3n) is 3.57. The number of ketones is 1. The van der Waals surface area contributed by atoms with Gasteiger partial charge in [0.15, 0.2) is 6.61 Å². The first-order chi connectivity index (χ1) is 12.8. The number of carbonyl (C=O) groups is 3. The van der Waals surface area contributed by atoms with E-state index in [9.17, 15) is 14.4 Å². The number of rotatable bonds is 7. The van der Waals surface area contributed by atoms with Gasteiger partial charge in [-0.1, -0.05) is 29.8 Å². The van der Waals surface area contributed by atoms with Crippen molar-refractivity contribution in [3.63, 3.8) is 0 Å². The first-order valence-electron chi connectivity index (χ1n) is 8.23. The van der Waals surface area contributed by atoms with E-state index in [1.807, 2.05) is 19.9 Å². The molecule has 2 rings (SSSR count). The molecule has 0 saturated carbocycles. The van der Waals surface area contributed by atoms with Gasteiger partial charge < -0.3 is 10.1 Å². The number of nitrogens with one attached hydrogen (secondary N) is 1. The lowest BCUT2D eigenvalue weighted by Crippen LogP contribution is -2.22. The molecular formula is C20H20ClNO4S. The van der Waals surface area contributed by atoms with Crippen molar-refractivity contribution in [2.75, 3.05) is 17.7 Å². The predicted molar refractivity (Wildman–Crippen MR) is 108 cm³/mol. The standard InChI is InChI=1S/C20H20ClNO4S/c1-12-8-13(2)19(16(21)9-12)22-18(24)10-26-20(25)15-6-4-5-7-17(15)27-11-14(3)23/h4-9H,10-11H2,1-3H3,(H,22,24). The van der Waals surface area contributed by atoms with Gasteiger partial charge in [0.05, 0.1) is 22.0 Å². The highest BCUT2D eigenvalue weighted by Gasteiger charge is 2.16. The molecule has 7 heteroatoms. The van der Waals surface area contributed by atoms with Crippen molar-refractivity contribution in [1.82, 2.24) is 0 Å². The average Bonchev–Trinajstić information content (AvgIpc) is 2.61. The number of amides is 1. The zero-order valence-corrected chi connectivity index (χ0v) is 16.9. The van der Waals surface area contributed by atoms with Crippen LogP contribution in [0.15, 0.2) is 41.3 Å². The van der Waals surface area contributed by atoms with Crippen LogP contribution in [0.2, 0.25) is 5.02 Å². The van der Waals surface area contributed by atoms with Gasteiger partial charge in [-0.25, -0.2) is 4.79 Å². The summed E-state index contributed by atoms with van der Waals surface area (Å²) in [6.45, 7) is 4.79. The Labute approximate surface area is 167 Å². The molecule has 0 fully saturated rings. The molecule has 0 heterocycles. The van der Waals surface area contributed by atoms with E-state index in [-0.39, 0.29) is 11.5 Å². The Balaban J connectivity index is 2.00. The third kappa shape index (κ3) is 6.12. The molecule has 0 bridgehead atoms. The summed E-state index contributed by atoms with van der Waals surface area (Å²) in [5.41, 5.74) is 2.63. The fourth-order valence-electron chi connectivity index (χ4n) is 2.40. The molecular weight excluding hydrogens is 386 g/mol. The molecule has 1 N–H and O–H groups in total. The van der Waals surface area contributed by atoms with Gasteiger partial charge in [0.25, 0.3) is 5.91 Å². The quantitative estimate of drug-likeness (QED) is 0.544. The first-order valence-corrected chi connectivity index (χ1v) is 9.59. The minimum absolute atomic E-state index is 0.00731. The molecule has 0 saturated heterocycles. The van der Waals surface area contributed by atoms with Gasteiger partial charge in [0.2, 0.25) is 0 Å². The maximum atomic E-state index is 12.3. The highest BCUT2D eigenvalue weighted by Crippen LogP contribution is 2.27. The second-order valence-electron chi connectivity index (χ2n) is 6.05. The Kier molecular flexibility index (Phi) is 7.45. The molecule has 2 aromatic carbocycles. The maximum Gasteiger partial charge on any atom is 0.339 e. The maximum absolute atomic E-state index is 12.3. The lowest BCUT2D eigenvalue weighted by atomic mass is 10.1. The Hall–Kier alpha value is -2.31. The summed E-state index contributed by atoms with van der Waals surface area (Å²) < 4.78 is 5.12. The van der Waals surface area contributed by atoms with Crippen molar-refractivity contribution in [1.29, 1.82) is 0 Å². The van der Waals surface area contributed by atoms with E-state index in [2.05, 4.69) is 5.32 Å². The fourth-order valence-corrected chi connectivity index (χ4v) is 3.61. The lowest BCUT2D eigenvalue weighted by molar-refractivity contribution is -0.119. The predicted octanol–water partition coefficient (Wildman–Crippen LogP) is 4.43. The van der Waals surface area contributed by atoms with Crippen LogP contribution in [0, 0.1) is 13.8 Å². The van der Waals surface area contributed by atoms with Crippen LogP contribution in [0.5, 0.6) is 0 Å². The van der Waals surface area contributed by atoms with E-state index in [4.69, 9.17) is 16.3 Å². The van der Waals surface area contributed by atoms with Crippen LogP contribution in [0.25, 0.3) is 0 Å². The van der Waals surface area contributed by atoms with Crippen molar-refractivity contribution in [3.8, 4) is 0 Å². The number of anilines is 1. The summed E-state index contributed by atoms with van der Waals surface area (Å²) in [4.78, 5) is 36.3. The summed E-state index contributed by atoms with van der Waals surface area (Å²) in [6.07, 6.45) is 0. The smallest absolute Gasteiger partial charge is 0.339 e. The second kappa shape index (κ2) is 9.58. The minimum atomic E-state index is -0.622. The minimum Gasteiger partial charge on any atom is -0.452 e. The van der Waals surface area contributed by atoms with E-state index in [0.29, 0.717) is 21.2 Å². The largest absolute Gasteiger partial charge is 0.452 e. The summed E-state index contributed by atoms with van der Waals surface area (Å²) in [5.74, 6) is -0.835. The molecule has 0 aliphatic heterocycles. The summed E-state index contributed by atoms with van der Waals surface area (Å²) in [6, 6.07) is 10.5. The first kappa shape index (κ1) is 21.0. The molecule has 27 heavy (non-hydrogen) atoms. The summed E-state index contributed by atoms with van der Waals surface area (Å²) in [7, 11) is 0. The molecule has 0 unspecified atom stereocenters. The number of hydrogen-bond donors (Lipinski definition) is 1. The zero-order chi connectivity index (χ0) is 20.0. The molecule has 142 valence electrons. The number of hydrogen-bond acceptors (Lipinski definition) is 5. The van der Waals surface area contributed by atoms with Crippen LogP contribution in [-0.2, 0) is 14.3 Å². The van der Waals surface area contributed by atoms with Crippen LogP contribution >= 0.6 is 23.4 Å². The van der Waals surface area contributed by atoms with Gasteiger partial charge in [-0.15, -0.1) is 11.8 Å². The topological polar surface area (TPSA) is 72.5 Å². The number of aryl methyl sites for hydroxylation is 2. The Bertz CT molecular complexity index is 859. The van der Waals surface area contributed by atoms with Gasteiger partial charge >= 0.3 is 5.97 Å². The number of benzene rings is 2. The third-order valence-corrected chi connectivity index (χ3v) is 5.08. The molecule has 0 aromatic heterocycles. The monoisotopic (exact) mass is 405 g/mol. The van der Waals surface area contributed by atoms with Gasteiger partial charge in [-0.2, -0.15) is 0 Å². The zero-order valence-electron chi connectivity index (χ0n) is 15.3. The second-order valence-corrected chi connectivity index (χ2v) is 7.47. The Morgan fingerprint density at radius 3 is 2.52 bits per heavy atom. The van der Waals surface area contributed by atoms with Gasteiger partial charge in [-0.05, 0) is 50.1 Å². The molecule has 0 aliphatic carbocycles. The van der Waals surface area contributed by atoms with Crippen LogP contribution in [0.4, 0.5) is 5.69 Å². The molecule has 0 atom stereocenters. The summed E-state index contributed by atoms with van der Waals surface area (Å²) in [5, 5.41) is 3.10. The number of halogens is 1. The van der Waals surface area contributed by atoms with Gasteiger partial charge in [-0.3, -0.25) is 9.59 Å². The number of carbonyl (C=O) groups excluding carboxylic acids is 3. The highest BCUT2D eigenvalue weighted by atomic mass is 35.5. The fraction of sp³-hybridized carbons (Fsp3) is 0.250. The molecule has 1 amide bonds. The number of thioether (sulfide) groups is 1. The summed E-state index contributed by atoms with van der Waals surface area (Å²) >= 11 is 7.42. The highest BCUT2D eigenvalue weighted by molar-refractivity contribution is 8.00. The van der Waals surface area contributed by atoms with Crippen molar-refractivity contribution < 1.29 is 19.1 Å². The lowest BCUT2D eigenvalue weighted by Gasteiger charge is -2.12. The average molecular weight is 406 g/mol. The normalized spacial score (nSPS) is 10.4. The van der Waals surface area contributed by atoms with Crippen molar-refractivity contribution in [3.05, 3.63) is 58.1 Å². The van der Waals surface area contributed by atoms with E-state index >= 15 is 0 Å². The van der Waals surface area contributed by atoms with Gasteiger partial charge in [0.1, 0.15) is 5.78 Å². The number of Topliss-reactive ketones (excluding diaryl/α,β-unsaturated/α-hetero) is 1. The molecule has 2 aromatic rings. The number of esters is 1. The van der Waals surface area contributed by atoms with Crippen molar-refractivity contribution in [2.45, 2.75) is 25.7 Å². The van der Waals surface area contributed by atoms with Crippen molar-refractivity contribution >= 4 is 46.7 Å². The molecule has 0 spiro atoms. The molecule has 0 aliphatic rings. The van der Waals surface area contributed by atoms with Crippen molar-refractivity contribution in [2.24, 2.45) is 0 Å². The Morgan fingerprint density at radius 2 is 1.85 bits per heavy atom. The number of ether oxygens (including phenoxy) is 1.